The number of esters is 1. The number of sulfone groups is 1. The zero-order valence-corrected chi connectivity index (χ0v) is 7.67. The quantitative estimate of drug-likeness (QED) is 0.428. The van der Waals surface area contributed by atoms with Gasteiger partial charge in [0.2, 0.25) is 0 Å². The first kappa shape index (κ1) is 9.25. The van der Waals surface area contributed by atoms with E-state index in [-0.39, 0.29) is 0 Å². The van der Waals surface area contributed by atoms with Crippen LogP contribution in [-0.2, 0) is 19.4 Å². The van der Waals surface area contributed by atoms with Crippen molar-refractivity contribution < 1.29 is 17.9 Å². The Morgan fingerprint density at radius 1 is 1.42 bits per heavy atom. The molecular weight excluding hydrogens is 180 g/mol. The zero-order chi connectivity index (χ0) is 9.35. The molecule has 0 spiro atoms. The summed E-state index contributed by atoms with van der Waals surface area (Å²) in [4.78, 5) is 10.9. The average Bonchev–Trinajstić information content (AvgIpc) is 2.27. The maximum Gasteiger partial charge on any atom is 0.328 e. The van der Waals surface area contributed by atoms with Crippen molar-refractivity contribution in [3.05, 3.63) is 12.2 Å². The zero-order valence-electron chi connectivity index (χ0n) is 6.85. The molecule has 1 aliphatic heterocycles. The number of rotatable bonds is 1. The summed E-state index contributed by atoms with van der Waals surface area (Å²) in [5.74, 6) is -0.712. The van der Waals surface area contributed by atoms with Crippen LogP contribution in [0, 0.1) is 0 Å². The molecule has 0 amide bonds. The van der Waals surface area contributed by atoms with Gasteiger partial charge in [0.15, 0.2) is 15.1 Å². The number of hydrogen-bond donors (Lipinski definition) is 0. The molecular formula is C7H10O4S. The van der Waals surface area contributed by atoms with Crippen LogP contribution >= 0.6 is 0 Å². The van der Waals surface area contributed by atoms with E-state index in [0.29, 0.717) is 0 Å². The van der Waals surface area contributed by atoms with Crippen LogP contribution in [0.4, 0.5) is 0 Å². The Morgan fingerprint density at radius 3 is 2.33 bits per heavy atom. The molecule has 0 saturated heterocycles. The van der Waals surface area contributed by atoms with Gasteiger partial charge in [-0.2, -0.15) is 0 Å². The maximum absolute atomic E-state index is 11.3. The molecule has 0 radical (unpaired) electrons. The first-order chi connectivity index (χ1) is 5.50. The van der Waals surface area contributed by atoms with Crippen LogP contribution in [0.5, 0.6) is 0 Å². The highest BCUT2D eigenvalue weighted by Crippen LogP contribution is 2.20. The Balaban J connectivity index is 2.97. The van der Waals surface area contributed by atoms with E-state index in [1.54, 1.807) is 0 Å². The Hall–Kier alpha value is -0.840. The summed E-state index contributed by atoms with van der Waals surface area (Å²) in [6.45, 7) is 1.54. The molecule has 1 rings (SSSR count). The van der Waals surface area contributed by atoms with Gasteiger partial charge in [0.1, 0.15) is 0 Å². The Labute approximate surface area is 71.1 Å². The van der Waals surface area contributed by atoms with E-state index in [1.807, 2.05) is 0 Å². The molecule has 68 valence electrons. The summed E-state index contributed by atoms with van der Waals surface area (Å²) in [5, 5.41) is -1.68. The molecule has 0 aromatic heterocycles. The number of carbonyl (C=O) groups is 1. The molecule has 2 unspecified atom stereocenters. The van der Waals surface area contributed by atoms with E-state index in [9.17, 15) is 13.2 Å². The predicted octanol–water partition coefficient (Wildman–Crippen LogP) is -0.0989. The van der Waals surface area contributed by atoms with Gasteiger partial charge < -0.3 is 4.74 Å². The summed E-state index contributed by atoms with van der Waals surface area (Å²) < 4.78 is 27.0. The lowest BCUT2D eigenvalue weighted by atomic mass is 10.3. The minimum Gasteiger partial charge on any atom is -0.468 e. The molecule has 1 aliphatic rings. The van der Waals surface area contributed by atoms with Crippen molar-refractivity contribution in [1.82, 2.24) is 0 Å². The van der Waals surface area contributed by atoms with Gasteiger partial charge in [-0.25, -0.2) is 8.42 Å². The molecule has 0 aromatic carbocycles. The van der Waals surface area contributed by atoms with E-state index in [2.05, 4.69) is 4.74 Å². The van der Waals surface area contributed by atoms with Gasteiger partial charge in [0.25, 0.3) is 0 Å². The number of methoxy groups -OCH3 is 1. The van der Waals surface area contributed by atoms with E-state index in [1.165, 1.54) is 26.2 Å². The van der Waals surface area contributed by atoms with E-state index in [0.717, 1.165) is 0 Å². The van der Waals surface area contributed by atoms with Crippen molar-refractivity contribution in [3.8, 4) is 0 Å². The van der Waals surface area contributed by atoms with Gasteiger partial charge in [0, 0.05) is 0 Å². The molecule has 0 saturated carbocycles. The Bertz CT molecular complexity index is 314. The normalized spacial score (nSPS) is 31.8. The fourth-order valence-electron chi connectivity index (χ4n) is 1.04. The predicted molar refractivity (Wildman–Crippen MR) is 43.3 cm³/mol. The summed E-state index contributed by atoms with van der Waals surface area (Å²) in [6.07, 6.45) is 2.86. The van der Waals surface area contributed by atoms with Crippen molar-refractivity contribution in [2.24, 2.45) is 0 Å². The highest BCUT2D eigenvalue weighted by Gasteiger charge is 2.38. The third kappa shape index (κ3) is 1.24. The lowest BCUT2D eigenvalue weighted by Gasteiger charge is -2.07. The summed E-state index contributed by atoms with van der Waals surface area (Å²) >= 11 is 0. The fourth-order valence-corrected chi connectivity index (χ4v) is 2.48. The van der Waals surface area contributed by atoms with Gasteiger partial charge >= 0.3 is 5.97 Å². The van der Waals surface area contributed by atoms with Crippen LogP contribution < -0.4 is 0 Å². The van der Waals surface area contributed by atoms with Crippen LogP contribution in [-0.4, -0.2) is 32.0 Å². The SMILES string of the molecule is COC(=O)C1C=CC(C)S1(=O)=O. The van der Waals surface area contributed by atoms with E-state index in [4.69, 9.17) is 0 Å². The molecule has 5 heteroatoms. The van der Waals surface area contributed by atoms with E-state index < -0.39 is 26.3 Å². The number of ether oxygens (including phenoxy) is 1. The van der Waals surface area contributed by atoms with Gasteiger partial charge in [-0.15, -0.1) is 0 Å². The number of hydrogen-bond acceptors (Lipinski definition) is 4. The largest absolute Gasteiger partial charge is 0.468 e. The summed E-state index contributed by atoms with van der Waals surface area (Å²) in [7, 11) is -2.19. The summed E-state index contributed by atoms with van der Waals surface area (Å²) in [5.41, 5.74) is 0. The van der Waals surface area contributed by atoms with Crippen LogP contribution in [0.1, 0.15) is 6.92 Å². The molecule has 0 aromatic rings. The summed E-state index contributed by atoms with van der Waals surface area (Å²) in [6, 6.07) is 0. The molecule has 12 heavy (non-hydrogen) atoms. The van der Waals surface area contributed by atoms with E-state index >= 15 is 0 Å². The second-order valence-corrected chi connectivity index (χ2v) is 5.05. The third-order valence-corrected chi connectivity index (χ3v) is 4.11. The first-order valence-electron chi connectivity index (χ1n) is 3.49. The molecule has 2 atom stereocenters. The molecule has 4 nitrogen and oxygen atoms in total. The van der Waals surface area contributed by atoms with Crippen molar-refractivity contribution in [1.29, 1.82) is 0 Å². The van der Waals surface area contributed by atoms with Crippen LogP contribution in [0.3, 0.4) is 0 Å². The van der Waals surface area contributed by atoms with Gasteiger partial charge in [-0.3, -0.25) is 4.79 Å². The van der Waals surface area contributed by atoms with Crippen molar-refractivity contribution in [2.75, 3.05) is 7.11 Å². The molecule has 0 bridgehead atoms. The third-order valence-electron chi connectivity index (χ3n) is 1.86. The second-order valence-electron chi connectivity index (χ2n) is 2.62. The van der Waals surface area contributed by atoms with Crippen LogP contribution in [0.15, 0.2) is 12.2 Å². The van der Waals surface area contributed by atoms with Crippen molar-refractivity contribution in [2.45, 2.75) is 17.4 Å². The van der Waals surface area contributed by atoms with Gasteiger partial charge in [-0.1, -0.05) is 12.2 Å². The fraction of sp³-hybridized carbons (Fsp3) is 0.571. The minimum absolute atomic E-state index is 0.582. The highest BCUT2D eigenvalue weighted by atomic mass is 32.2. The van der Waals surface area contributed by atoms with Crippen molar-refractivity contribution in [3.63, 3.8) is 0 Å². The smallest absolute Gasteiger partial charge is 0.328 e. The highest BCUT2D eigenvalue weighted by molar-refractivity contribution is 7.94. The van der Waals surface area contributed by atoms with Gasteiger partial charge in [0.05, 0.1) is 12.4 Å². The van der Waals surface area contributed by atoms with Gasteiger partial charge in [-0.05, 0) is 6.92 Å². The van der Waals surface area contributed by atoms with Crippen LogP contribution in [0.2, 0.25) is 0 Å². The lowest BCUT2D eigenvalue weighted by molar-refractivity contribution is -0.139. The minimum atomic E-state index is -3.36. The topological polar surface area (TPSA) is 60.4 Å². The standard InChI is InChI=1S/C7H10O4S/c1-5-3-4-6(7(8)11-2)12(5,9)10/h3-6H,1-2H3. The Morgan fingerprint density at radius 2 is 2.00 bits per heavy atom. The lowest BCUT2D eigenvalue weighted by Crippen LogP contribution is -2.30. The van der Waals surface area contributed by atoms with Crippen molar-refractivity contribution >= 4 is 15.8 Å². The average molecular weight is 190 g/mol. The molecule has 0 N–H and O–H groups in total. The monoisotopic (exact) mass is 190 g/mol. The number of carbonyl (C=O) groups excluding carboxylic acids is 1. The molecule has 1 heterocycles. The second kappa shape index (κ2) is 2.90. The molecule has 0 fully saturated rings. The first-order valence-corrected chi connectivity index (χ1v) is 5.10. The maximum atomic E-state index is 11.3. The Kier molecular flexibility index (Phi) is 2.23. The molecule has 0 aliphatic carbocycles. The van der Waals surface area contributed by atoms with Crippen LogP contribution in [0.25, 0.3) is 0 Å².